The summed E-state index contributed by atoms with van der Waals surface area (Å²) in [5.74, 6) is -0.456. The summed E-state index contributed by atoms with van der Waals surface area (Å²) in [6.07, 6.45) is 0. The molecular formula is C13H14ClN2O4S2+. The Morgan fingerprint density at radius 2 is 1.82 bits per heavy atom. The van der Waals surface area contributed by atoms with Crippen molar-refractivity contribution in [2.45, 2.75) is 0 Å². The third-order valence-corrected chi connectivity index (χ3v) is 5.61. The van der Waals surface area contributed by atoms with Crippen molar-refractivity contribution in [3.8, 4) is 0 Å². The van der Waals surface area contributed by atoms with Gasteiger partial charge in [0.25, 0.3) is 5.91 Å². The molecule has 0 bridgehead atoms. The number of nitrogens with zero attached hydrogens (tertiary/aromatic N) is 1. The van der Waals surface area contributed by atoms with Gasteiger partial charge in [-0.3, -0.25) is 4.79 Å². The van der Waals surface area contributed by atoms with E-state index in [4.69, 9.17) is 11.6 Å². The Morgan fingerprint density at radius 1 is 1.23 bits per heavy atom. The van der Waals surface area contributed by atoms with Gasteiger partial charge in [-0.05, 0) is 29.6 Å². The van der Waals surface area contributed by atoms with Gasteiger partial charge in [-0.2, -0.15) is 3.89 Å². The highest BCUT2D eigenvalue weighted by atomic mass is 35.5. The lowest BCUT2D eigenvalue weighted by Gasteiger charge is -2.23. The van der Waals surface area contributed by atoms with Crippen molar-refractivity contribution in [3.63, 3.8) is 0 Å². The lowest BCUT2D eigenvalue weighted by Crippen LogP contribution is -2.46. The monoisotopic (exact) mass is 361 g/mol. The molecule has 9 heteroatoms. The van der Waals surface area contributed by atoms with E-state index in [-0.39, 0.29) is 10.6 Å². The molecular weight excluding hydrogens is 348 g/mol. The number of hydrogen-bond donors (Lipinski definition) is 2. The summed E-state index contributed by atoms with van der Waals surface area (Å²) in [5, 5.41) is 4.80. The van der Waals surface area contributed by atoms with Crippen molar-refractivity contribution in [1.82, 2.24) is 3.89 Å². The van der Waals surface area contributed by atoms with Crippen LogP contribution in [0.5, 0.6) is 0 Å². The van der Waals surface area contributed by atoms with Crippen LogP contribution in [0.2, 0.25) is 5.02 Å². The summed E-state index contributed by atoms with van der Waals surface area (Å²) < 4.78 is 31.5. The van der Waals surface area contributed by atoms with Gasteiger partial charge >= 0.3 is 10.3 Å². The van der Waals surface area contributed by atoms with Crippen LogP contribution in [0.4, 0.5) is 11.4 Å². The molecule has 6 nitrogen and oxygen atoms in total. The van der Waals surface area contributed by atoms with E-state index in [9.17, 15) is 17.8 Å². The lowest BCUT2D eigenvalue weighted by atomic mass is 10.3. The lowest BCUT2D eigenvalue weighted by molar-refractivity contribution is 0.103. The molecule has 0 aliphatic heterocycles. The van der Waals surface area contributed by atoms with Gasteiger partial charge in [0, 0.05) is 16.8 Å². The zero-order valence-corrected chi connectivity index (χ0v) is 14.2. The first kappa shape index (κ1) is 16.9. The first-order chi connectivity index (χ1) is 10.1. The van der Waals surface area contributed by atoms with Gasteiger partial charge in [-0.1, -0.05) is 11.6 Å². The molecule has 0 fully saturated rings. The number of anilines is 1. The summed E-state index contributed by atoms with van der Waals surface area (Å²) in [5.41, 5.74) is 0.727. The molecule has 2 rings (SSSR count). The van der Waals surface area contributed by atoms with Gasteiger partial charge in [0.2, 0.25) is 0 Å². The van der Waals surface area contributed by atoms with Crippen LogP contribution in [0.25, 0.3) is 0 Å². The van der Waals surface area contributed by atoms with Crippen molar-refractivity contribution in [1.29, 1.82) is 0 Å². The van der Waals surface area contributed by atoms with E-state index in [1.54, 1.807) is 29.6 Å². The second-order valence-electron chi connectivity index (χ2n) is 4.89. The van der Waals surface area contributed by atoms with Crippen LogP contribution in [0.3, 0.4) is 0 Å². The fraction of sp³-hybridized carbons (Fsp3) is 0.154. The van der Waals surface area contributed by atoms with Crippen molar-refractivity contribution in [3.05, 3.63) is 45.6 Å². The molecule has 0 aliphatic rings. The van der Waals surface area contributed by atoms with Gasteiger partial charge in [-0.15, -0.1) is 19.8 Å². The summed E-state index contributed by atoms with van der Waals surface area (Å²) in [6, 6.07) is 8.02. The van der Waals surface area contributed by atoms with Crippen LogP contribution in [-0.4, -0.2) is 33.0 Å². The Labute approximate surface area is 137 Å². The Bertz CT molecular complexity index is 798. The number of thiophene rings is 1. The van der Waals surface area contributed by atoms with Gasteiger partial charge in [0.1, 0.15) is 0 Å². The van der Waals surface area contributed by atoms with Crippen LogP contribution < -0.4 is 9.21 Å². The molecule has 2 aromatic rings. The summed E-state index contributed by atoms with van der Waals surface area (Å²) in [6.45, 7) is 0. The number of nitrogens with one attached hydrogen (secondary N) is 1. The Morgan fingerprint density at radius 3 is 2.36 bits per heavy atom. The van der Waals surface area contributed by atoms with Gasteiger partial charge in [-0.25, -0.2) is 4.55 Å². The van der Waals surface area contributed by atoms with E-state index in [0.717, 1.165) is 11.3 Å². The molecule has 1 aromatic carbocycles. The van der Waals surface area contributed by atoms with Crippen molar-refractivity contribution in [2.75, 3.05) is 19.4 Å². The molecule has 0 radical (unpaired) electrons. The predicted molar refractivity (Wildman–Crippen MR) is 88.9 cm³/mol. The van der Waals surface area contributed by atoms with E-state index >= 15 is 0 Å². The van der Waals surface area contributed by atoms with Crippen LogP contribution in [-0.2, 0) is 10.3 Å². The quantitative estimate of drug-likeness (QED) is 0.647. The Balaban J connectivity index is 2.33. The minimum Gasteiger partial charge on any atom is -0.321 e. The maximum Gasteiger partial charge on any atom is 0.437 e. The molecule has 1 heterocycles. The molecule has 0 aliphatic carbocycles. The van der Waals surface area contributed by atoms with Crippen molar-refractivity contribution >= 4 is 50.5 Å². The van der Waals surface area contributed by atoms with Gasteiger partial charge in [0.15, 0.2) is 10.6 Å². The predicted octanol–water partition coefficient (Wildman–Crippen LogP) is 3.02. The van der Waals surface area contributed by atoms with E-state index in [1.165, 1.54) is 20.2 Å². The maximum absolute atomic E-state index is 12.3. The van der Waals surface area contributed by atoms with Gasteiger partial charge in [0.05, 0.1) is 14.1 Å². The average molecular weight is 362 g/mol. The van der Waals surface area contributed by atoms with Crippen LogP contribution in [0.1, 0.15) is 9.67 Å². The van der Waals surface area contributed by atoms with Crippen molar-refractivity contribution < 1.29 is 17.8 Å². The molecule has 118 valence electrons. The Kier molecular flexibility index (Phi) is 4.59. The molecule has 0 atom stereocenters. The van der Waals surface area contributed by atoms with E-state index in [2.05, 4.69) is 5.32 Å². The second-order valence-corrected chi connectivity index (χ2v) is 8.06. The summed E-state index contributed by atoms with van der Waals surface area (Å²) in [4.78, 5) is 12.5. The normalized spacial score (nSPS) is 12.2. The molecule has 0 saturated carbocycles. The minimum absolute atomic E-state index is 0.193. The number of hydrogen-bond acceptors (Lipinski definition) is 4. The summed E-state index contributed by atoms with van der Waals surface area (Å²) in [7, 11) is -1.84. The third kappa shape index (κ3) is 3.31. The first-order valence-corrected chi connectivity index (χ1v) is 8.75. The van der Waals surface area contributed by atoms with Crippen LogP contribution in [0, 0.1) is 0 Å². The molecule has 0 unspecified atom stereocenters. The third-order valence-electron chi connectivity index (χ3n) is 3.11. The average Bonchev–Trinajstić information content (AvgIpc) is 2.90. The van der Waals surface area contributed by atoms with Gasteiger partial charge < -0.3 is 5.32 Å². The molecule has 2 N–H and O–H groups in total. The zero-order valence-electron chi connectivity index (χ0n) is 11.8. The molecule has 0 spiro atoms. The molecule has 0 saturated heterocycles. The number of carbonyl (C=O) groups is 1. The highest BCUT2D eigenvalue weighted by molar-refractivity contribution is 7.85. The van der Waals surface area contributed by atoms with E-state index in [1.807, 2.05) is 0 Å². The fourth-order valence-corrected chi connectivity index (χ4v) is 3.23. The maximum atomic E-state index is 12.3. The fourth-order valence-electron chi connectivity index (χ4n) is 1.74. The minimum atomic E-state index is -4.41. The molecule has 1 aromatic heterocycles. The number of carbonyl (C=O) groups excluding carboxylic acids is 1. The number of benzene rings is 1. The number of amides is 1. The second kappa shape index (κ2) is 5.98. The van der Waals surface area contributed by atoms with E-state index in [0.29, 0.717) is 10.7 Å². The summed E-state index contributed by atoms with van der Waals surface area (Å²) >= 11 is 6.87. The van der Waals surface area contributed by atoms with Crippen LogP contribution in [0.15, 0.2) is 35.7 Å². The smallest absolute Gasteiger partial charge is 0.321 e. The largest absolute Gasteiger partial charge is 0.437 e. The highest BCUT2D eigenvalue weighted by Crippen LogP contribution is 2.32. The topological polar surface area (TPSA) is 83.5 Å². The zero-order chi connectivity index (χ0) is 16.5. The standard InChI is InChI=1S/C13H13ClN2O4S2/c1-16(2,22(18,19)20)11-7-8-21-12(11)13(17)15-10-5-3-9(14)4-6-10/h3-8H,1-2H3,(H-,15,17,18,19,20)/p+1. The number of quaternary nitrogens is 1. The number of halogens is 1. The highest BCUT2D eigenvalue weighted by Gasteiger charge is 2.38. The molecule has 1 amide bonds. The first-order valence-electron chi connectivity index (χ1n) is 6.09. The SMILES string of the molecule is C[N+](C)(c1ccsc1C(=O)Nc1ccc(Cl)cc1)S(=O)(=O)O. The van der Waals surface area contributed by atoms with Crippen LogP contribution >= 0.6 is 22.9 Å². The van der Waals surface area contributed by atoms with E-state index < -0.39 is 20.1 Å². The number of rotatable bonds is 4. The molecule has 22 heavy (non-hydrogen) atoms. The van der Waals surface area contributed by atoms with Crippen molar-refractivity contribution in [2.24, 2.45) is 0 Å². The Hall–Kier alpha value is -1.45.